The van der Waals surface area contributed by atoms with E-state index in [0.717, 1.165) is 17.7 Å². The van der Waals surface area contributed by atoms with E-state index in [0.29, 0.717) is 6.54 Å². The van der Waals surface area contributed by atoms with Crippen molar-refractivity contribution in [2.24, 2.45) is 0 Å². The molecule has 34 heavy (non-hydrogen) atoms. The fourth-order valence-corrected chi connectivity index (χ4v) is 5.52. The summed E-state index contributed by atoms with van der Waals surface area (Å²) < 4.78 is 5.82. The molecule has 0 aromatic heterocycles. The molecule has 0 spiro atoms. The maximum atomic E-state index is 13.3. The first-order valence-electron chi connectivity index (χ1n) is 12.0. The van der Waals surface area contributed by atoms with E-state index in [4.69, 9.17) is 4.74 Å². The molecule has 0 bridgehead atoms. The lowest BCUT2D eigenvalue weighted by Gasteiger charge is -2.38. The van der Waals surface area contributed by atoms with Crippen LogP contribution in [0.2, 0.25) is 0 Å². The highest BCUT2D eigenvalue weighted by Gasteiger charge is 2.59. The van der Waals surface area contributed by atoms with Gasteiger partial charge in [-0.2, -0.15) is 0 Å². The Balaban J connectivity index is 1.62. The van der Waals surface area contributed by atoms with Crippen molar-refractivity contribution in [1.29, 1.82) is 0 Å². The summed E-state index contributed by atoms with van der Waals surface area (Å²) in [5.74, 6) is 0.0718. The van der Waals surface area contributed by atoms with Gasteiger partial charge in [-0.1, -0.05) is 91.0 Å². The number of likely N-dealkylation sites (tertiary alicyclic amines) is 1. The third kappa shape index (κ3) is 3.98. The molecule has 1 unspecified atom stereocenters. The predicted octanol–water partition coefficient (Wildman–Crippen LogP) is 6.81. The Morgan fingerprint density at radius 3 is 2.35 bits per heavy atom. The zero-order valence-corrected chi connectivity index (χ0v) is 20.1. The number of nitrogens with zero attached hydrogens (tertiary/aromatic N) is 1. The number of rotatable bonds is 4. The molecule has 1 N–H and O–H groups in total. The summed E-state index contributed by atoms with van der Waals surface area (Å²) >= 11 is 0. The van der Waals surface area contributed by atoms with Gasteiger partial charge in [-0.25, -0.2) is 4.79 Å². The van der Waals surface area contributed by atoms with E-state index in [1.165, 1.54) is 11.1 Å². The van der Waals surface area contributed by atoms with Gasteiger partial charge in [-0.15, -0.1) is 0 Å². The van der Waals surface area contributed by atoms with Crippen LogP contribution in [0, 0.1) is 0 Å². The lowest BCUT2D eigenvalue weighted by atomic mass is 9.66. The number of fused-ring (bicyclic) bond motifs is 3. The minimum Gasteiger partial charge on any atom is -0.444 e. The van der Waals surface area contributed by atoms with E-state index in [-0.39, 0.29) is 23.6 Å². The van der Waals surface area contributed by atoms with Crippen LogP contribution in [-0.4, -0.2) is 29.3 Å². The van der Waals surface area contributed by atoms with Gasteiger partial charge in [-0.05, 0) is 49.9 Å². The van der Waals surface area contributed by atoms with Gasteiger partial charge in [0, 0.05) is 23.6 Å². The first-order chi connectivity index (χ1) is 16.4. The maximum Gasteiger partial charge on any atom is 0.411 e. The number of ether oxygens (including phenoxy) is 1. The molecule has 2 heterocycles. The first kappa shape index (κ1) is 22.3. The average Bonchev–Trinajstić information content (AvgIpc) is 3.34. The van der Waals surface area contributed by atoms with E-state index in [1.807, 2.05) is 31.7 Å². The molecule has 2 aliphatic rings. The number of anilines is 1. The van der Waals surface area contributed by atoms with Crippen molar-refractivity contribution in [3.05, 3.63) is 108 Å². The van der Waals surface area contributed by atoms with Gasteiger partial charge in [0.15, 0.2) is 0 Å². The number of carbonyl (C=O) groups excluding carboxylic acids is 1. The van der Waals surface area contributed by atoms with Gasteiger partial charge in [0.2, 0.25) is 0 Å². The number of para-hydroxylation sites is 1. The molecule has 1 amide bonds. The molecule has 4 nitrogen and oxygen atoms in total. The standard InChI is InChI=1S/C30H32N2O2/c1-29(2,3)34-28(33)32-21-20-30(25-16-10-11-17-26(25)31-27(30)32)24(23-14-8-5-9-15-23)19-18-22-12-6-4-7-13-22/h4-19,24,27,31H,20-21H2,1-3H3/b19-18+/t24?,27-,30+/m0/s1. The van der Waals surface area contributed by atoms with Crippen LogP contribution in [0.1, 0.15) is 49.8 Å². The molecular formula is C30H32N2O2. The number of benzene rings is 3. The van der Waals surface area contributed by atoms with Crippen molar-refractivity contribution < 1.29 is 9.53 Å². The molecule has 0 radical (unpaired) electrons. The Kier molecular flexibility index (Phi) is 5.68. The smallest absolute Gasteiger partial charge is 0.411 e. The Labute approximate surface area is 202 Å². The van der Waals surface area contributed by atoms with Gasteiger partial charge in [0.1, 0.15) is 11.8 Å². The monoisotopic (exact) mass is 452 g/mol. The zero-order chi connectivity index (χ0) is 23.8. The van der Waals surface area contributed by atoms with Crippen LogP contribution in [-0.2, 0) is 10.2 Å². The van der Waals surface area contributed by atoms with Crippen LogP contribution >= 0.6 is 0 Å². The van der Waals surface area contributed by atoms with Crippen molar-refractivity contribution in [2.75, 3.05) is 11.9 Å². The summed E-state index contributed by atoms with van der Waals surface area (Å²) in [7, 11) is 0. The van der Waals surface area contributed by atoms with E-state index in [9.17, 15) is 4.79 Å². The van der Waals surface area contributed by atoms with Crippen molar-refractivity contribution in [1.82, 2.24) is 4.90 Å². The van der Waals surface area contributed by atoms with Gasteiger partial charge < -0.3 is 10.1 Å². The predicted molar refractivity (Wildman–Crippen MR) is 138 cm³/mol. The fourth-order valence-electron chi connectivity index (χ4n) is 5.52. The second-order valence-corrected chi connectivity index (χ2v) is 10.2. The molecule has 2 aliphatic heterocycles. The molecule has 4 heteroatoms. The van der Waals surface area contributed by atoms with Gasteiger partial charge in [0.05, 0.1) is 0 Å². The number of hydrogen-bond acceptors (Lipinski definition) is 3. The largest absolute Gasteiger partial charge is 0.444 e. The fraction of sp³-hybridized carbons (Fsp3) is 0.300. The number of nitrogens with one attached hydrogen (secondary N) is 1. The lowest BCUT2D eigenvalue weighted by Crippen LogP contribution is -2.49. The van der Waals surface area contributed by atoms with Crippen molar-refractivity contribution in [3.8, 4) is 0 Å². The van der Waals surface area contributed by atoms with Crippen molar-refractivity contribution in [3.63, 3.8) is 0 Å². The molecule has 174 valence electrons. The first-order valence-corrected chi connectivity index (χ1v) is 12.0. The molecule has 3 atom stereocenters. The average molecular weight is 453 g/mol. The van der Waals surface area contributed by atoms with Crippen LogP contribution in [0.15, 0.2) is 91.0 Å². The Hall–Kier alpha value is -3.53. The second kappa shape index (κ2) is 8.68. The Morgan fingerprint density at radius 1 is 1.00 bits per heavy atom. The SMILES string of the molecule is CC(C)(C)OC(=O)N1CC[C@@]2(C(/C=C/c3ccccc3)c3ccccc3)c3ccccc3N[C@@H]12. The summed E-state index contributed by atoms with van der Waals surface area (Å²) in [6.07, 6.45) is 4.92. The quantitative estimate of drug-likeness (QED) is 0.472. The summed E-state index contributed by atoms with van der Waals surface area (Å²) in [5.41, 5.74) is 3.91. The van der Waals surface area contributed by atoms with Crippen LogP contribution in [0.4, 0.5) is 10.5 Å². The highest BCUT2D eigenvalue weighted by molar-refractivity contribution is 5.74. The third-order valence-electron chi connectivity index (χ3n) is 6.91. The topological polar surface area (TPSA) is 41.6 Å². The van der Waals surface area contributed by atoms with E-state index < -0.39 is 5.60 Å². The molecular weight excluding hydrogens is 420 g/mol. The number of amides is 1. The zero-order valence-electron chi connectivity index (χ0n) is 20.1. The Bertz CT molecular complexity index is 1180. The van der Waals surface area contributed by atoms with E-state index in [2.05, 4.69) is 96.3 Å². The molecule has 5 rings (SSSR count). The lowest BCUT2D eigenvalue weighted by molar-refractivity contribution is 0.0222. The maximum absolute atomic E-state index is 13.3. The van der Waals surface area contributed by atoms with Crippen LogP contribution in [0.3, 0.4) is 0 Å². The second-order valence-electron chi connectivity index (χ2n) is 10.2. The minimum atomic E-state index is -0.542. The minimum absolute atomic E-state index is 0.0718. The van der Waals surface area contributed by atoms with Crippen molar-refractivity contribution in [2.45, 2.75) is 50.3 Å². The molecule has 1 fully saturated rings. The highest BCUT2D eigenvalue weighted by atomic mass is 16.6. The molecule has 1 saturated heterocycles. The summed E-state index contributed by atoms with van der Waals surface area (Å²) in [5, 5.41) is 3.69. The Morgan fingerprint density at radius 2 is 1.65 bits per heavy atom. The van der Waals surface area contributed by atoms with E-state index in [1.54, 1.807) is 0 Å². The molecule has 3 aromatic carbocycles. The molecule has 0 saturated carbocycles. The molecule has 0 aliphatic carbocycles. The van der Waals surface area contributed by atoms with Crippen LogP contribution in [0.25, 0.3) is 6.08 Å². The number of allylic oxidation sites excluding steroid dienone is 1. The van der Waals surface area contributed by atoms with Crippen molar-refractivity contribution >= 4 is 17.9 Å². The van der Waals surface area contributed by atoms with Crippen LogP contribution < -0.4 is 5.32 Å². The normalized spacial score (nSPS) is 22.2. The third-order valence-corrected chi connectivity index (χ3v) is 6.91. The number of hydrogen-bond donors (Lipinski definition) is 1. The summed E-state index contributed by atoms with van der Waals surface area (Å²) in [6, 6.07) is 29.5. The van der Waals surface area contributed by atoms with E-state index >= 15 is 0 Å². The van der Waals surface area contributed by atoms with Gasteiger partial charge in [-0.3, -0.25) is 4.90 Å². The highest BCUT2D eigenvalue weighted by Crippen LogP contribution is 2.56. The number of carbonyl (C=O) groups is 1. The molecule has 3 aromatic rings. The van der Waals surface area contributed by atoms with Crippen LogP contribution in [0.5, 0.6) is 0 Å². The summed E-state index contributed by atoms with van der Waals surface area (Å²) in [6.45, 7) is 6.39. The van der Waals surface area contributed by atoms with Gasteiger partial charge >= 0.3 is 6.09 Å². The summed E-state index contributed by atoms with van der Waals surface area (Å²) in [4.78, 5) is 15.2. The van der Waals surface area contributed by atoms with Gasteiger partial charge in [0.25, 0.3) is 0 Å².